The molecular formula is C30H35N7O6. The number of nitrogens with two attached hydrogens (primary N) is 2. The molecule has 0 saturated carbocycles. The Labute approximate surface area is 246 Å². The first-order chi connectivity index (χ1) is 20.5. The van der Waals surface area contributed by atoms with Crippen LogP contribution in [0.1, 0.15) is 30.9 Å². The smallest absolute Gasteiger partial charge is 0.326 e. The van der Waals surface area contributed by atoms with Crippen molar-refractivity contribution in [2.45, 2.75) is 56.8 Å². The third-order valence-electron chi connectivity index (χ3n) is 7.17. The molecule has 13 nitrogen and oxygen atoms in total. The Balaban J connectivity index is 1.62. The Kier molecular flexibility index (Phi) is 9.78. The number of carbonyl (C=O) groups is 5. The number of carboxylic acid groups (broad SMARTS) is 1. The molecular weight excluding hydrogens is 554 g/mol. The molecule has 2 aromatic carbocycles. The first-order valence-corrected chi connectivity index (χ1v) is 13.8. The zero-order valence-electron chi connectivity index (χ0n) is 23.6. The van der Waals surface area contributed by atoms with Gasteiger partial charge in [0.1, 0.15) is 18.1 Å². The molecule has 43 heavy (non-hydrogen) atoms. The molecule has 13 heteroatoms. The predicted octanol–water partition coefficient (Wildman–Crippen LogP) is 0.586. The number of fused-ring (bicyclic) bond motifs is 2. The van der Waals surface area contributed by atoms with E-state index < -0.39 is 53.8 Å². The van der Waals surface area contributed by atoms with Gasteiger partial charge in [0.25, 0.3) is 0 Å². The molecule has 0 aliphatic rings. The lowest BCUT2D eigenvalue weighted by molar-refractivity contribution is -0.142. The van der Waals surface area contributed by atoms with Gasteiger partial charge in [0.05, 0.1) is 6.04 Å². The van der Waals surface area contributed by atoms with E-state index in [-0.39, 0.29) is 25.7 Å². The van der Waals surface area contributed by atoms with Crippen LogP contribution in [0.25, 0.3) is 21.8 Å². The number of H-pyrrole nitrogens is 2. The summed E-state index contributed by atoms with van der Waals surface area (Å²) >= 11 is 0. The Morgan fingerprint density at radius 2 is 1.19 bits per heavy atom. The maximum atomic E-state index is 13.8. The molecule has 0 aliphatic carbocycles. The van der Waals surface area contributed by atoms with E-state index in [4.69, 9.17) is 11.5 Å². The predicted molar refractivity (Wildman–Crippen MR) is 160 cm³/mol. The molecule has 0 fully saturated rings. The van der Waals surface area contributed by atoms with Crippen LogP contribution < -0.4 is 27.4 Å². The monoisotopic (exact) mass is 589 g/mol. The SMILES string of the molecule is CC(N)C(=O)NC(Cc1c[nH]c2ccccc12)C(=O)NC(Cc1c[nH]c2ccccc12)C(=O)NC(CCC(N)=O)C(=O)O. The third kappa shape index (κ3) is 7.77. The molecule has 0 spiro atoms. The average Bonchev–Trinajstić information content (AvgIpc) is 3.58. The average molecular weight is 590 g/mol. The second kappa shape index (κ2) is 13.7. The Morgan fingerprint density at radius 1 is 0.744 bits per heavy atom. The summed E-state index contributed by atoms with van der Waals surface area (Å²) in [6.45, 7) is 1.49. The summed E-state index contributed by atoms with van der Waals surface area (Å²) in [5, 5.41) is 19.1. The number of primary amides is 1. The summed E-state index contributed by atoms with van der Waals surface area (Å²) in [7, 11) is 0. The highest BCUT2D eigenvalue weighted by atomic mass is 16.4. The fourth-order valence-corrected chi connectivity index (χ4v) is 4.85. The number of hydrogen-bond donors (Lipinski definition) is 8. The molecule has 4 rings (SSSR count). The molecule has 0 radical (unpaired) electrons. The van der Waals surface area contributed by atoms with Gasteiger partial charge >= 0.3 is 5.97 Å². The Bertz CT molecular complexity index is 1640. The fraction of sp³-hybridized carbons (Fsp3) is 0.300. The standard InChI is InChI=1S/C30H35N7O6/c1-16(31)27(39)36-24(12-17-14-33-21-8-4-2-6-19(17)21)29(41)37-25(13-18-15-34-22-9-5-3-7-20(18)22)28(40)35-23(30(42)43)10-11-26(32)38/h2-9,14-16,23-25,33-34H,10-13,31H2,1H3,(H2,32,38)(H,35,40)(H,36,39)(H,37,41)(H,42,43). The van der Waals surface area contributed by atoms with Crippen LogP contribution in [-0.4, -0.2) is 68.8 Å². The second-order valence-corrected chi connectivity index (χ2v) is 10.4. The number of benzene rings is 2. The molecule has 2 heterocycles. The highest BCUT2D eigenvalue weighted by Gasteiger charge is 2.31. The van der Waals surface area contributed by atoms with Gasteiger partial charge in [-0.15, -0.1) is 0 Å². The molecule has 4 atom stereocenters. The van der Waals surface area contributed by atoms with Crippen molar-refractivity contribution in [2.75, 3.05) is 0 Å². The van der Waals surface area contributed by atoms with E-state index in [0.29, 0.717) is 5.56 Å². The van der Waals surface area contributed by atoms with Gasteiger partial charge in [-0.2, -0.15) is 0 Å². The maximum Gasteiger partial charge on any atom is 0.326 e. The van der Waals surface area contributed by atoms with Crippen LogP contribution in [0.5, 0.6) is 0 Å². The fourth-order valence-electron chi connectivity index (χ4n) is 4.85. The number of nitrogens with one attached hydrogen (secondary N) is 5. The molecule has 10 N–H and O–H groups in total. The van der Waals surface area contributed by atoms with Crippen molar-refractivity contribution in [2.24, 2.45) is 11.5 Å². The highest BCUT2D eigenvalue weighted by molar-refractivity contribution is 5.95. The molecule has 0 bridgehead atoms. The number of hydrogen-bond acceptors (Lipinski definition) is 6. The molecule has 226 valence electrons. The van der Waals surface area contributed by atoms with Gasteiger partial charge in [0, 0.05) is 53.5 Å². The van der Waals surface area contributed by atoms with E-state index in [1.807, 2.05) is 48.5 Å². The van der Waals surface area contributed by atoms with E-state index in [1.54, 1.807) is 12.4 Å². The minimum atomic E-state index is -1.41. The van der Waals surface area contributed by atoms with Crippen LogP contribution in [0.15, 0.2) is 60.9 Å². The zero-order chi connectivity index (χ0) is 31.1. The maximum absolute atomic E-state index is 13.8. The summed E-state index contributed by atoms with van der Waals surface area (Å²) in [6.07, 6.45) is 3.07. The lowest BCUT2D eigenvalue weighted by Gasteiger charge is -2.25. The van der Waals surface area contributed by atoms with Gasteiger partial charge in [0.2, 0.25) is 23.6 Å². The molecule has 4 unspecified atom stereocenters. The summed E-state index contributed by atoms with van der Waals surface area (Å²) in [4.78, 5) is 69.3. The number of amides is 4. The minimum absolute atomic E-state index is 0.00475. The number of carbonyl (C=O) groups excluding carboxylic acids is 4. The lowest BCUT2D eigenvalue weighted by atomic mass is 10.0. The van der Waals surface area contributed by atoms with Crippen molar-refractivity contribution in [1.29, 1.82) is 0 Å². The second-order valence-electron chi connectivity index (χ2n) is 10.4. The highest BCUT2D eigenvalue weighted by Crippen LogP contribution is 2.21. The first-order valence-electron chi connectivity index (χ1n) is 13.8. The van der Waals surface area contributed by atoms with Crippen molar-refractivity contribution >= 4 is 51.4 Å². The van der Waals surface area contributed by atoms with Crippen LogP contribution >= 0.6 is 0 Å². The van der Waals surface area contributed by atoms with Crippen LogP contribution in [-0.2, 0) is 36.8 Å². The number of para-hydroxylation sites is 2. The van der Waals surface area contributed by atoms with E-state index in [1.165, 1.54) is 6.92 Å². The Hall–Kier alpha value is -5.17. The van der Waals surface area contributed by atoms with Crippen molar-refractivity contribution < 1.29 is 29.1 Å². The summed E-state index contributed by atoms with van der Waals surface area (Å²) < 4.78 is 0. The summed E-state index contributed by atoms with van der Waals surface area (Å²) in [5.74, 6) is -4.07. The molecule has 4 amide bonds. The van der Waals surface area contributed by atoms with E-state index in [9.17, 15) is 29.1 Å². The largest absolute Gasteiger partial charge is 0.480 e. The van der Waals surface area contributed by atoms with Gasteiger partial charge in [-0.1, -0.05) is 36.4 Å². The van der Waals surface area contributed by atoms with Gasteiger partial charge in [-0.05, 0) is 36.6 Å². The van der Waals surface area contributed by atoms with Crippen molar-refractivity contribution in [3.8, 4) is 0 Å². The van der Waals surface area contributed by atoms with Crippen LogP contribution in [0.3, 0.4) is 0 Å². The van der Waals surface area contributed by atoms with Crippen molar-refractivity contribution in [3.05, 3.63) is 72.1 Å². The number of aliphatic carboxylic acids is 1. The lowest BCUT2D eigenvalue weighted by Crippen LogP contribution is -2.58. The Morgan fingerprint density at radius 3 is 1.63 bits per heavy atom. The summed E-state index contributed by atoms with van der Waals surface area (Å²) in [6, 6.07) is 10.2. The van der Waals surface area contributed by atoms with Gasteiger partial charge < -0.3 is 42.5 Å². The molecule has 0 saturated heterocycles. The van der Waals surface area contributed by atoms with Gasteiger partial charge in [-0.25, -0.2) is 4.79 Å². The number of aromatic amines is 2. The van der Waals surface area contributed by atoms with Gasteiger partial charge in [-0.3, -0.25) is 19.2 Å². The van der Waals surface area contributed by atoms with Gasteiger partial charge in [0.15, 0.2) is 0 Å². The number of rotatable bonds is 14. The normalized spacial score (nSPS) is 14.0. The van der Waals surface area contributed by atoms with Crippen LogP contribution in [0, 0.1) is 0 Å². The molecule has 0 aliphatic heterocycles. The first kappa shape index (κ1) is 30.8. The topological polar surface area (TPSA) is 225 Å². The van der Waals surface area contributed by atoms with Crippen molar-refractivity contribution in [1.82, 2.24) is 25.9 Å². The van der Waals surface area contributed by atoms with E-state index in [2.05, 4.69) is 25.9 Å². The summed E-state index contributed by atoms with van der Waals surface area (Å²) in [5.41, 5.74) is 14.1. The molecule has 2 aromatic heterocycles. The quantitative estimate of drug-likeness (QED) is 0.104. The number of carboxylic acids is 1. The third-order valence-corrected chi connectivity index (χ3v) is 7.17. The van der Waals surface area contributed by atoms with Crippen LogP contribution in [0.2, 0.25) is 0 Å². The zero-order valence-corrected chi connectivity index (χ0v) is 23.6. The van der Waals surface area contributed by atoms with Crippen LogP contribution in [0.4, 0.5) is 0 Å². The minimum Gasteiger partial charge on any atom is -0.480 e. The van der Waals surface area contributed by atoms with Crippen molar-refractivity contribution in [3.63, 3.8) is 0 Å². The number of aromatic nitrogens is 2. The van der Waals surface area contributed by atoms with E-state index >= 15 is 0 Å². The van der Waals surface area contributed by atoms with E-state index in [0.717, 1.165) is 27.4 Å². The molecule has 4 aromatic rings.